The Morgan fingerprint density at radius 2 is 1.74 bits per heavy atom. The van der Waals surface area contributed by atoms with E-state index in [0.717, 1.165) is 16.0 Å². The molecule has 0 bridgehead atoms. The average molecular weight is 401 g/mol. The van der Waals surface area contributed by atoms with Crippen LogP contribution in [0.1, 0.15) is 26.4 Å². The fourth-order valence-electron chi connectivity index (χ4n) is 2.49. The van der Waals surface area contributed by atoms with Crippen LogP contribution in [-0.4, -0.2) is 14.3 Å². The summed E-state index contributed by atoms with van der Waals surface area (Å²) in [5.74, 6) is -0.241. The first-order chi connectivity index (χ1) is 12.8. The van der Waals surface area contributed by atoms with Crippen molar-refractivity contribution in [3.63, 3.8) is 0 Å². The minimum absolute atomic E-state index is 0.107. The Labute approximate surface area is 163 Å². The molecule has 5 nitrogen and oxygen atoms in total. The molecule has 1 aromatic heterocycles. The van der Waals surface area contributed by atoms with Crippen LogP contribution in [-0.2, 0) is 16.6 Å². The van der Waals surface area contributed by atoms with Crippen molar-refractivity contribution in [2.45, 2.75) is 25.3 Å². The van der Waals surface area contributed by atoms with E-state index in [4.69, 9.17) is 0 Å². The SMILES string of the molecule is Cc1ccc(NS(=O)(=O)c2ccc(C(=O)NCc3cccs3)cc2)cc1C. The van der Waals surface area contributed by atoms with Gasteiger partial charge < -0.3 is 5.32 Å². The summed E-state index contributed by atoms with van der Waals surface area (Å²) in [5, 5.41) is 4.77. The maximum absolute atomic E-state index is 12.5. The zero-order chi connectivity index (χ0) is 19.4. The third-order valence-corrected chi connectivity index (χ3v) is 6.46. The molecule has 0 fully saturated rings. The number of thiophene rings is 1. The minimum atomic E-state index is -3.71. The molecule has 0 aliphatic rings. The molecular weight excluding hydrogens is 380 g/mol. The molecule has 0 spiro atoms. The van der Waals surface area contributed by atoms with E-state index in [9.17, 15) is 13.2 Å². The molecule has 0 radical (unpaired) electrons. The molecule has 27 heavy (non-hydrogen) atoms. The monoisotopic (exact) mass is 400 g/mol. The van der Waals surface area contributed by atoms with Crippen molar-refractivity contribution in [3.8, 4) is 0 Å². The van der Waals surface area contributed by atoms with Gasteiger partial charge in [-0.25, -0.2) is 8.42 Å². The minimum Gasteiger partial charge on any atom is -0.347 e. The highest BCUT2D eigenvalue weighted by atomic mass is 32.2. The van der Waals surface area contributed by atoms with Crippen molar-refractivity contribution < 1.29 is 13.2 Å². The third-order valence-electron chi connectivity index (χ3n) is 4.19. The number of rotatable bonds is 6. The molecule has 3 aromatic rings. The number of sulfonamides is 1. The molecule has 0 aliphatic carbocycles. The molecule has 3 rings (SSSR count). The van der Waals surface area contributed by atoms with Gasteiger partial charge in [-0.3, -0.25) is 9.52 Å². The summed E-state index contributed by atoms with van der Waals surface area (Å²) in [4.78, 5) is 13.4. The normalized spacial score (nSPS) is 11.2. The predicted octanol–water partition coefficient (Wildman–Crippen LogP) is 4.10. The Morgan fingerprint density at radius 1 is 1.00 bits per heavy atom. The zero-order valence-electron chi connectivity index (χ0n) is 15.0. The van der Waals surface area contributed by atoms with E-state index in [1.165, 1.54) is 24.3 Å². The maximum atomic E-state index is 12.5. The predicted molar refractivity (Wildman–Crippen MR) is 109 cm³/mol. The summed E-state index contributed by atoms with van der Waals surface area (Å²) >= 11 is 1.57. The quantitative estimate of drug-likeness (QED) is 0.654. The van der Waals surface area contributed by atoms with Crippen LogP contribution in [0.2, 0.25) is 0 Å². The van der Waals surface area contributed by atoms with Crippen molar-refractivity contribution in [1.82, 2.24) is 5.32 Å². The highest BCUT2D eigenvalue weighted by Crippen LogP contribution is 2.19. The number of nitrogens with one attached hydrogen (secondary N) is 2. The van der Waals surface area contributed by atoms with Gasteiger partial charge in [0.2, 0.25) is 0 Å². The number of benzene rings is 2. The standard InChI is InChI=1S/C20H20N2O3S2/c1-14-5-8-17(12-15(14)2)22-27(24,25)19-9-6-16(7-10-19)20(23)21-13-18-4-3-11-26-18/h3-12,22H,13H2,1-2H3,(H,21,23). The van der Waals surface area contributed by atoms with Gasteiger partial charge in [0.05, 0.1) is 11.4 Å². The number of carbonyl (C=O) groups excluding carboxylic acids is 1. The lowest BCUT2D eigenvalue weighted by atomic mass is 10.1. The topological polar surface area (TPSA) is 75.3 Å². The summed E-state index contributed by atoms with van der Waals surface area (Å²) in [6.45, 7) is 4.34. The first kappa shape index (κ1) is 19.1. The van der Waals surface area contributed by atoms with Crippen LogP contribution in [0.15, 0.2) is 64.9 Å². The van der Waals surface area contributed by atoms with Crippen LogP contribution < -0.4 is 10.0 Å². The summed E-state index contributed by atoms with van der Waals surface area (Å²) < 4.78 is 27.7. The Kier molecular flexibility index (Phi) is 5.62. The number of aryl methyl sites for hydroxylation is 2. The van der Waals surface area contributed by atoms with Crippen molar-refractivity contribution >= 4 is 33.0 Å². The Hall–Kier alpha value is -2.64. The summed E-state index contributed by atoms with van der Waals surface area (Å²) in [7, 11) is -3.71. The molecule has 0 atom stereocenters. The lowest BCUT2D eigenvalue weighted by molar-refractivity contribution is 0.0951. The van der Waals surface area contributed by atoms with Crippen LogP contribution in [0.4, 0.5) is 5.69 Å². The number of anilines is 1. The number of carbonyl (C=O) groups is 1. The van der Waals surface area contributed by atoms with Gasteiger partial charge in [-0.2, -0.15) is 0 Å². The van der Waals surface area contributed by atoms with E-state index in [1.807, 2.05) is 37.4 Å². The second kappa shape index (κ2) is 7.94. The first-order valence-electron chi connectivity index (χ1n) is 8.36. The van der Waals surface area contributed by atoms with E-state index in [0.29, 0.717) is 17.8 Å². The summed E-state index contributed by atoms with van der Waals surface area (Å²) in [5.41, 5.74) is 3.02. The van der Waals surface area contributed by atoms with E-state index in [2.05, 4.69) is 10.0 Å². The number of hydrogen-bond donors (Lipinski definition) is 2. The number of amides is 1. The van der Waals surface area contributed by atoms with E-state index < -0.39 is 10.0 Å². The van der Waals surface area contributed by atoms with E-state index in [1.54, 1.807) is 23.5 Å². The molecule has 2 N–H and O–H groups in total. The largest absolute Gasteiger partial charge is 0.347 e. The van der Waals surface area contributed by atoms with Gasteiger partial charge in [0.1, 0.15) is 0 Å². The molecule has 0 unspecified atom stereocenters. The van der Waals surface area contributed by atoms with Crippen LogP contribution in [0.3, 0.4) is 0 Å². The lowest BCUT2D eigenvalue weighted by Gasteiger charge is -2.10. The first-order valence-corrected chi connectivity index (χ1v) is 10.7. The highest BCUT2D eigenvalue weighted by molar-refractivity contribution is 7.92. The lowest BCUT2D eigenvalue weighted by Crippen LogP contribution is -2.22. The highest BCUT2D eigenvalue weighted by Gasteiger charge is 2.15. The summed E-state index contributed by atoms with van der Waals surface area (Å²) in [6.07, 6.45) is 0. The molecule has 0 saturated heterocycles. The second-order valence-corrected chi connectivity index (χ2v) is 8.91. The molecule has 7 heteroatoms. The van der Waals surface area contributed by atoms with E-state index >= 15 is 0 Å². The molecular formula is C20H20N2O3S2. The Morgan fingerprint density at radius 3 is 2.37 bits per heavy atom. The third kappa shape index (κ3) is 4.75. The van der Waals surface area contributed by atoms with Crippen LogP contribution in [0.5, 0.6) is 0 Å². The Balaban J connectivity index is 1.69. The molecule has 0 saturated carbocycles. The van der Waals surface area contributed by atoms with Crippen molar-refractivity contribution in [1.29, 1.82) is 0 Å². The molecule has 1 amide bonds. The fraction of sp³-hybridized carbons (Fsp3) is 0.150. The van der Waals surface area contributed by atoms with E-state index in [-0.39, 0.29) is 10.8 Å². The molecule has 2 aromatic carbocycles. The summed E-state index contributed by atoms with van der Waals surface area (Å²) in [6, 6.07) is 15.2. The smallest absolute Gasteiger partial charge is 0.261 e. The van der Waals surface area contributed by atoms with Crippen LogP contribution in [0.25, 0.3) is 0 Å². The van der Waals surface area contributed by atoms with Crippen LogP contribution in [0, 0.1) is 13.8 Å². The van der Waals surface area contributed by atoms with Gasteiger partial charge >= 0.3 is 0 Å². The van der Waals surface area contributed by atoms with Gasteiger partial charge in [-0.05, 0) is 72.8 Å². The molecule has 0 aliphatic heterocycles. The van der Waals surface area contributed by atoms with Gasteiger partial charge in [0, 0.05) is 16.1 Å². The average Bonchev–Trinajstić information content (AvgIpc) is 3.16. The van der Waals surface area contributed by atoms with Crippen molar-refractivity contribution in [3.05, 3.63) is 81.5 Å². The number of hydrogen-bond acceptors (Lipinski definition) is 4. The van der Waals surface area contributed by atoms with Gasteiger partial charge in [-0.1, -0.05) is 12.1 Å². The Bertz CT molecular complexity index is 1040. The van der Waals surface area contributed by atoms with Gasteiger partial charge in [0.15, 0.2) is 0 Å². The molecule has 1 heterocycles. The maximum Gasteiger partial charge on any atom is 0.261 e. The van der Waals surface area contributed by atoms with Crippen molar-refractivity contribution in [2.24, 2.45) is 0 Å². The van der Waals surface area contributed by atoms with Crippen LogP contribution >= 0.6 is 11.3 Å². The van der Waals surface area contributed by atoms with Crippen molar-refractivity contribution in [2.75, 3.05) is 4.72 Å². The second-order valence-electron chi connectivity index (χ2n) is 6.19. The van der Waals surface area contributed by atoms with Gasteiger partial charge in [-0.15, -0.1) is 11.3 Å². The zero-order valence-corrected chi connectivity index (χ0v) is 16.7. The van der Waals surface area contributed by atoms with Gasteiger partial charge in [0.25, 0.3) is 15.9 Å². The molecule has 140 valence electrons. The fourth-order valence-corrected chi connectivity index (χ4v) is 4.18.